The summed E-state index contributed by atoms with van der Waals surface area (Å²) in [5, 5.41) is 0.0981. The second-order valence-corrected chi connectivity index (χ2v) is 2.55. The van der Waals surface area contributed by atoms with Crippen molar-refractivity contribution in [1.29, 1.82) is 0 Å². The minimum Gasteiger partial charge on any atom is -0.422 e. The van der Waals surface area contributed by atoms with E-state index in [1.54, 1.807) is 0 Å². The fraction of sp³-hybridized carbons (Fsp3) is 0. The van der Waals surface area contributed by atoms with Crippen molar-refractivity contribution < 1.29 is 13.2 Å². The first-order chi connectivity index (χ1) is 6.16. The molecule has 0 saturated heterocycles. The van der Waals surface area contributed by atoms with E-state index in [1.807, 2.05) is 0 Å². The van der Waals surface area contributed by atoms with Gasteiger partial charge in [0.2, 0.25) is 0 Å². The second-order valence-electron chi connectivity index (χ2n) is 2.55. The van der Waals surface area contributed by atoms with E-state index < -0.39 is 17.3 Å². The van der Waals surface area contributed by atoms with Gasteiger partial charge in [0, 0.05) is 6.07 Å². The standard InChI is InChI=1S/C9H4F2O2/c10-5-1-2-6-7(11)4-9(12)13-8(6)3-5/h1-4H. The van der Waals surface area contributed by atoms with Crippen molar-refractivity contribution in [2.24, 2.45) is 0 Å². The maximum atomic E-state index is 13.0. The minimum atomic E-state index is -0.824. The van der Waals surface area contributed by atoms with Crippen molar-refractivity contribution in [2.45, 2.75) is 0 Å². The van der Waals surface area contributed by atoms with Gasteiger partial charge in [0.1, 0.15) is 17.2 Å². The molecule has 0 aliphatic carbocycles. The van der Waals surface area contributed by atoms with Gasteiger partial charge in [0.15, 0.2) is 0 Å². The van der Waals surface area contributed by atoms with Crippen molar-refractivity contribution in [3.8, 4) is 0 Å². The zero-order chi connectivity index (χ0) is 9.42. The number of fused-ring (bicyclic) bond motifs is 1. The highest BCUT2D eigenvalue weighted by molar-refractivity contribution is 5.76. The molecule has 0 radical (unpaired) electrons. The van der Waals surface area contributed by atoms with Gasteiger partial charge in [0.25, 0.3) is 0 Å². The van der Waals surface area contributed by atoms with Gasteiger partial charge in [-0.3, -0.25) is 0 Å². The summed E-state index contributed by atoms with van der Waals surface area (Å²) in [4.78, 5) is 10.7. The zero-order valence-electron chi connectivity index (χ0n) is 6.38. The maximum Gasteiger partial charge on any atom is 0.339 e. The summed E-state index contributed by atoms with van der Waals surface area (Å²) in [6.45, 7) is 0. The van der Waals surface area contributed by atoms with Crippen LogP contribution < -0.4 is 5.63 Å². The lowest BCUT2D eigenvalue weighted by Crippen LogP contribution is -1.98. The molecular formula is C9H4F2O2. The van der Waals surface area contributed by atoms with Crippen LogP contribution in [0.2, 0.25) is 0 Å². The van der Waals surface area contributed by atoms with Gasteiger partial charge in [-0.25, -0.2) is 13.6 Å². The van der Waals surface area contributed by atoms with Gasteiger partial charge in [-0.1, -0.05) is 0 Å². The minimum absolute atomic E-state index is 0.0787. The topological polar surface area (TPSA) is 30.2 Å². The zero-order valence-corrected chi connectivity index (χ0v) is 6.38. The van der Waals surface area contributed by atoms with Crippen LogP contribution in [0.15, 0.2) is 33.5 Å². The molecule has 0 bridgehead atoms. The first-order valence-corrected chi connectivity index (χ1v) is 3.56. The Morgan fingerprint density at radius 2 is 1.92 bits per heavy atom. The molecule has 2 aromatic rings. The van der Waals surface area contributed by atoms with E-state index in [9.17, 15) is 13.6 Å². The second kappa shape index (κ2) is 2.65. The highest BCUT2D eigenvalue weighted by Crippen LogP contribution is 2.16. The van der Waals surface area contributed by atoms with Crippen molar-refractivity contribution >= 4 is 11.0 Å². The third-order valence-electron chi connectivity index (χ3n) is 1.66. The normalized spacial score (nSPS) is 10.6. The first-order valence-electron chi connectivity index (χ1n) is 3.56. The van der Waals surface area contributed by atoms with Crippen LogP contribution in [0, 0.1) is 11.6 Å². The van der Waals surface area contributed by atoms with Crippen molar-refractivity contribution in [1.82, 2.24) is 0 Å². The predicted octanol–water partition coefficient (Wildman–Crippen LogP) is 2.07. The molecule has 0 N–H and O–H groups in total. The molecule has 0 unspecified atom stereocenters. The van der Waals surface area contributed by atoms with E-state index in [4.69, 9.17) is 0 Å². The maximum absolute atomic E-state index is 13.0. The van der Waals surface area contributed by atoms with Crippen LogP contribution in [0.1, 0.15) is 0 Å². The molecule has 0 aliphatic heterocycles. The molecule has 1 aromatic carbocycles. The van der Waals surface area contributed by atoms with E-state index in [0.29, 0.717) is 0 Å². The van der Waals surface area contributed by atoms with Gasteiger partial charge in [-0.2, -0.15) is 0 Å². The highest BCUT2D eigenvalue weighted by atomic mass is 19.1. The van der Waals surface area contributed by atoms with Gasteiger partial charge in [-0.05, 0) is 12.1 Å². The van der Waals surface area contributed by atoms with Crippen LogP contribution in [-0.4, -0.2) is 0 Å². The molecule has 2 nitrogen and oxygen atoms in total. The average Bonchev–Trinajstić information content (AvgIpc) is 2.02. The van der Waals surface area contributed by atoms with Crippen LogP contribution in [0.4, 0.5) is 8.78 Å². The summed E-state index contributed by atoms with van der Waals surface area (Å²) in [5.41, 5.74) is -0.902. The smallest absolute Gasteiger partial charge is 0.339 e. The number of benzene rings is 1. The molecule has 1 aromatic heterocycles. The summed E-state index contributed by atoms with van der Waals surface area (Å²) in [5.74, 6) is -1.27. The highest BCUT2D eigenvalue weighted by Gasteiger charge is 2.04. The van der Waals surface area contributed by atoms with Gasteiger partial charge in [-0.15, -0.1) is 0 Å². The lowest BCUT2D eigenvalue weighted by molar-refractivity contribution is 0.534. The Hall–Kier alpha value is -1.71. The lowest BCUT2D eigenvalue weighted by atomic mass is 10.2. The fourth-order valence-electron chi connectivity index (χ4n) is 1.10. The molecule has 2 rings (SSSR count). The first kappa shape index (κ1) is 7.91. The molecule has 66 valence electrons. The van der Waals surface area contributed by atoms with Gasteiger partial charge < -0.3 is 4.42 Å². The van der Waals surface area contributed by atoms with E-state index in [0.717, 1.165) is 18.2 Å². The number of halogens is 2. The van der Waals surface area contributed by atoms with E-state index in [-0.39, 0.29) is 11.0 Å². The number of hydrogen-bond donors (Lipinski definition) is 0. The molecule has 0 aliphatic rings. The molecule has 13 heavy (non-hydrogen) atoms. The van der Waals surface area contributed by atoms with Gasteiger partial charge in [0.05, 0.1) is 11.5 Å². The molecule has 0 saturated carbocycles. The molecule has 0 amide bonds. The van der Waals surface area contributed by atoms with Crippen LogP contribution in [0.5, 0.6) is 0 Å². The van der Waals surface area contributed by atoms with Crippen LogP contribution >= 0.6 is 0 Å². The van der Waals surface area contributed by atoms with Crippen LogP contribution in [-0.2, 0) is 0 Å². The van der Waals surface area contributed by atoms with E-state index >= 15 is 0 Å². The molecule has 0 fully saturated rings. The van der Waals surface area contributed by atoms with E-state index in [2.05, 4.69) is 4.42 Å². The molecular weight excluding hydrogens is 178 g/mol. The Labute approximate surface area is 71.4 Å². The lowest BCUT2D eigenvalue weighted by Gasteiger charge is -1.96. The summed E-state index contributed by atoms with van der Waals surface area (Å²) in [7, 11) is 0. The molecule has 1 heterocycles. The van der Waals surface area contributed by atoms with Crippen molar-refractivity contribution in [3.63, 3.8) is 0 Å². The predicted molar refractivity (Wildman–Crippen MR) is 42.4 cm³/mol. The Morgan fingerprint density at radius 1 is 1.15 bits per heavy atom. The van der Waals surface area contributed by atoms with E-state index in [1.165, 1.54) is 6.07 Å². The molecule has 4 heteroatoms. The third kappa shape index (κ3) is 1.30. The molecule has 0 spiro atoms. The average molecular weight is 182 g/mol. The summed E-state index contributed by atoms with van der Waals surface area (Å²) < 4.78 is 30.2. The number of hydrogen-bond acceptors (Lipinski definition) is 2. The summed E-state index contributed by atoms with van der Waals surface area (Å²) >= 11 is 0. The summed E-state index contributed by atoms with van der Waals surface area (Å²) in [6, 6.07) is 4.02. The Kier molecular flexibility index (Phi) is 1.62. The Balaban J connectivity index is 2.94. The SMILES string of the molecule is O=c1cc(F)c2ccc(F)cc2o1. The fourth-order valence-corrected chi connectivity index (χ4v) is 1.10. The van der Waals surface area contributed by atoms with Crippen LogP contribution in [0.3, 0.4) is 0 Å². The van der Waals surface area contributed by atoms with Crippen molar-refractivity contribution in [2.75, 3.05) is 0 Å². The Morgan fingerprint density at radius 3 is 2.69 bits per heavy atom. The van der Waals surface area contributed by atoms with Gasteiger partial charge >= 0.3 is 5.63 Å². The number of rotatable bonds is 0. The third-order valence-corrected chi connectivity index (χ3v) is 1.66. The quantitative estimate of drug-likeness (QED) is 0.584. The molecule has 0 atom stereocenters. The summed E-state index contributed by atoms with van der Waals surface area (Å²) in [6.07, 6.45) is 0. The Bertz CT molecular complexity index is 516. The van der Waals surface area contributed by atoms with Crippen LogP contribution in [0.25, 0.3) is 11.0 Å². The van der Waals surface area contributed by atoms with Crippen molar-refractivity contribution in [3.05, 3.63) is 46.3 Å². The monoisotopic (exact) mass is 182 g/mol. The largest absolute Gasteiger partial charge is 0.422 e.